The number of hydrogen-bond donors (Lipinski definition) is 3. The standard InChI is InChI=1S/C27H22ClN7O4/c28-19-6-11-23(35-16-29-32-33-35)18(15-19)5-12-24(36)34-14-13-17-3-1-2-4-22(17)25(34)26(37)30-20-7-9-21(10-8-20)31-27(38)39/h1-12,15-16,25,31H,13-14H2,(H,30,37)(H,38,39)/b12-5+. The molecule has 11 nitrogen and oxygen atoms in total. The van der Waals surface area contributed by atoms with Crippen LogP contribution in [0.5, 0.6) is 0 Å². The van der Waals surface area contributed by atoms with Crippen LogP contribution in [-0.4, -0.2) is 54.7 Å². The topological polar surface area (TPSA) is 142 Å². The molecule has 0 saturated heterocycles. The van der Waals surface area contributed by atoms with E-state index in [-0.39, 0.29) is 11.8 Å². The zero-order valence-electron chi connectivity index (χ0n) is 20.4. The Morgan fingerprint density at radius 3 is 2.46 bits per heavy atom. The van der Waals surface area contributed by atoms with Crippen LogP contribution in [0.1, 0.15) is 22.7 Å². The molecule has 1 aliphatic heterocycles. The summed E-state index contributed by atoms with van der Waals surface area (Å²) in [5.41, 5.74) is 3.82. The molecule has 0 radical (unpaired) electrons. The van der Waals surface area contributed by atoms with Crippen molar-refractivity contribution in [1.82, 2.24) is 25.1 Å². The van der Waals surface area contributed by atoms with Gasteiger partial charge in [-0.05, 0) is 76.5 Å². The quantitative estimate of drug-likeness (QED) is 0.309. The number of hydrogen-bond acceptors (Lipinski definition) is 6. The zero-order valence-corrected chi connectivity index (χ0v) is 21.1. The van der Waals surface area contributed by atoms with Gasteiger partial charge in [-0.25, -0.2) is 4.79 Å². The van der Waals surface area contributed by atoms with Gasteiger partial charge in [0.2, 0.25) is 5.91 Å². The van der Waals surface area contributed by atoms with Crippen molar-refractivity contribution in [2.45, 2.75) is 12.5 Å². The molecule has 1 aromatic heterocycles. The van der Waals surface area contributed by atoms with Crippen molar-refractivity contribution in [2.24, 2.45) is 0 Å². The number of amides is 3. The summed E-state index contributed by atoms with van der Waals surface area (Å²) in [6.07, 6.45) is 3.88. The molecule has 2 heterocycles. The average molecular weight is 544 g/mol. The highest BCUT2D eigenvalue weighted by Gasteiger charge is 2.35. The third-order valence-electron chi connectivity index (χ3n) is 6.21. The largest absolute Gasteiger partial charge is 0.465 e. The molecule has 12 heteroatoms. The van der Waals surface area contributed by atoms with E-state index in [9.17, 15) is 14.4 Å². The smallest absolute Gasteiger partial charge is 0.409 e. The lowest BCUT2D eigenvalue weighted by Gasteiger charge is -2.35. The number of fused-ring (bicyclic) bond motifs is 1. The minimum Gasteiger partial charge on any atom is -0.465 e. The summed E-state index contributed by atoms with van der Waals surface area (Å²) in [7, 11) is 0. The first-order chi connectivity index (χ1) is 18.9. The molecule has 0 aliphatic carbocycles. The summed E-state index contributed by atoms with van der Waals surface area (Å²) in [5.74, 6) is -0.742. The van der Waals surface area contributed by atoms with Crippen LogP contribution >= 0.6 is 11.6 Å². The average Bonchev–Trinajstić information content (AvgIpc) is 3.46. The maximum Gasteiger partial charge on any atom is 0.409 e. The van der Waals surface area contributed by atoms with E-state index >= 15 is 0 Å². The van der Waals surface area contributed by atoms with E-state index in [1.807, 2.05) is 24.3 Å². The summed E-state index contributed by atoms with van der Waals surface area (Å²) < 4.78 is 1.46. The lowest BCUT2D eigenvalue weighted by molar-refractivity contribution is -0.135. The molecule has 3 amide bonds. The van der Waals surface area contributed by atoms with E-state index in [4.69, 9.17) is 16.7 Å². The lowest BCUT2D eigenvalue weighted by Crippen LogP contribution is -2.44. The fourth-order valence-corrected chi connectivity index (χ4v) is 4.63. The number of carbonyl (C=O) groups is 3. The van der Waals surface area contributed by atoms with E-state index in [1.54, 1.807) is 36.4 Å². The second kappa shape index (κ2) is 11.2. The van der Waals surface area contributed by atoms with Gasteiger partial charge in [0.15, 0.2) is 0 Å². The number of carboxylic acid groups (broad SMARTS) is 1. The first-order valence-corrected chi connectivity index (χ1v) is 12.3. The Morgan fingerprint density at radius 2 is 1.74 bits per heavy atom. The maximum atomic E-state index is 13.6. The molecular weight excluding hydrogens is 522 g/mol. The molecule has 196 valence electrons. The highest BCUT2D eigenvalue weighted by atomic mass is 35.5. The third kappa shape index (κ3) is 5.78. The fourth-order valence-electron chi connectivity index (χ4n) is 4.45. The summed E-state index contributed by atoms with van der Waals surface area (Å²) in [4.78, 5) is 39.4. The van der Waals surface area contributed by atoms with E-state index in [0.717, 1.165) is 11.1 Å². The van der Waals surface area contributed by atoms with Crippen molar-refractivity contribution in [1.29, 1.82) is 0 Å². The van der Waals surface area contributed by atoms with Gasteiger partial charge in [-0.2, -0.15) is 4.68 Å². The minimum absolute atomic E-state index is 0.342. The number of aromatic nitrogens is 4. The Morgan fingerprint density at radius 1 is 1.00 bits per heavy atom. The molecule has 1 atom stereocenters. The van der Waals surface area contributed by atoms with Gasteiger partial charge in [-0.3, -0.25) is 14.9 Å². The normalized spacial score (nSPS) is 14.6. The van der Waals surface area contributed by atoms with Crippen molar-refractivity contribution in [3.05, 3.63) is 101 Å². The van der Waals surface area contributed by atoms with Gasteiger partial charge in [0, 0.05) is 34.6 Å². The lowest BCUT2D eigenvalue weighted by atomic mass is 9.91. The molecule has 0 spiro atoms. The van der Waals surface area contributed by atoms with Gasteiger partial charge in [0.1, 0.15) is 12.4 Å². The maximum absolute atomic E-state index is 13.6. The van der Waals surface area contributed by atoms with Crippen LogP contribution in [0, 0.1) is 0 Å². The van der Waals surface area contributed by atoms with Gasteiger partial charge >= 0.3 is 6.09 Å². The summed E-state index contributed by atoms with van der Waals surface area (Å²) in [6.45, 7) is 0.342. The summed E-state index contributed by atoms with van der Waals surface area (Å²) >= 11 is 6.20. The van der Waals surface area contributed by atoms with Gasteiger partial charge in [-0.1, -0.05) is 35.9 Å². The van der Waals surface area contributed by atoms with Crippen LogP contribution in [0.2, 0.25) is 5.02 Å². The molecule has 0 saturated carbocycles. The SMILES string of the molecule is O=C(O)Nc1ccc(NC(=O)C2c3ccccc3CCN2C(=O)/C=C/c2cc(Cl)ccc2-n2cnnn2)cc1. The Bertz CT molecular complexity index is 1550. The number of rotatable bonds is 6. The van der Waals surface area contributed by atoms with Gasteiger partial charge in [0.25, 0.3) is 5.91 Å². The molecule has 3 N–H and O–H groups in total. The summed E-state index contributed by atoms with van der Waals surface area (Å²) in [6, 6.07) is 18.0. The molecule has 1 aliphatic rings. The number of benzene rings is 3. The predicted molar refractivity (Wildman–Crippen MR) is 145 cm³/mol. The van der Waals surface area contributed by atoms with Crippen LogP contribution < -0.4 is 10.6 Å². The van der Waals surface area contributed by atoms with E-state index in [1.165, 1.54) is 34.1 Å². The van der Waals surface area contributed by atoms with E-state index < -0.39 is 12.1 Å². The van der Waals surface area contributed by atoms with Crippen LogP contribution in [0.3, 0.4) is 0 Å². The Kier molecular flexibility index (Phi) is 7.32. The fraction of sp³-hybridized carbons (Fsp3) is 0.111. The molecule has 5 rings (SSSR count). The van der Waals surface area contributed by atoms with Crippen LogP contribution in [0.25, 0.3) is 11.8 Å². The number of anilines is 2. The van der Waals surface area contributed by atoms with Crippen molar-refractivity contribution in [3.63, 3.8) is 0 Å². The molecule has 3 aromatic carbocycles. The number of nitrogens with zero attached hydrogens (tertiary/aromatic N) is 5. The second-order valence-electron chi connectivity index (χ2n) is 8.67. The molecule has 0 fully saturated rings. The Balaban J connectivity index is 1.41. The van der Waals surface area contributed by atoms with E-state index in [0.29, 0.717) is 40.6 Å². The number of carbonyl (C=O) groups excluding carboxylic acids is 2. The molecule has 0 bridgehead atoms. The second-order valence-corrected chi connectivity index (χ2v) is 9.11. The van der Waals surface area contributed by atoms with Gasteiger partial charge in [0.05, 0.1) is 5.69 Å². The third-order valence-corrected chi connectivity index (χ3v) is 6.44. The van der Waals surface area contributed by atoms with Crippen LogP contribution in [0.4, 0.5) is 16.2 Å². The summed E-state index contributed by atoms with van der Waals surface area (Å²) in [5, 5.41) is 25.7. The van der Waals surface area contributed by atoms with Crippen molar-refractivity contribution < 1.29 is 19.5 Å². The van der Waals surface area contributed by atoms with Gasteiger partial charge < -0.3 is 15.3 Å². The van der Waals surface area contributed by atoms with Crippen molar-refractivity contribution in [2.75, 3.05) is 17.2 Å². The number of nitrogens with one attached hydrogen (secondary N) is 2. The minimum atomic E-state index is -1.18. The van der Waals surface area contributed by atoms with Crippen molar-refractivity contribution >= 4 is 47.0 Å². The monoisotopic (exact) mass is 543 g/mol. The highest BCUT2D eigenvalue weighted by Crippen LogP contribution is 2.32. The first-order valence-electron chi connectivity index (χ1n) is 11.9. The Hall–Kier alpha value is -5.03. The predicted octanol–water partition coefficient (Wildman–Crippen LogP) is 4.18. The van der Waals surface area contributed by atoms with Gasteiger partial charge in [-0.15, -0.1) is 5.10 Å². The molecular formula is C27H22ClN7O4. The highest BCUT2D eigenvalue weighted by molar-refractivity contribution is 6.30. The molecule has 39 heavy (non-hydrogen) atoms. The van der Waals surface area contributed by atoms with E-state index in [2.05, 4.69) is 26.2 Å². The Labute approximate surface area is 227 Å². The zero-order chi connectivity index (χ0) is 27.4. The number of halogens is 1. The first kappa shape index (κ1) is 25.6. The van der Waals surface area contributed by atoms with Crippen molar-refractivity contribution in [3.8, 4) is 5.69 Å². The van der Waals surface area contributed by atoms with Crippen LogP contribution in [0.15, 0.2) is 79.1 Å². The number of tetrazole rings is 1. The molecule has 4 aromatic rings. The van der Waals surface area contributed by atoms with Crippen LogP contribution in [-0.2, 0) is 16.0 Å². The molecule has 1 unspecified atom stereocenters.